The summed E-state index contributed by atoms with van der Waals surface area (Å²) in [5.74, 6) is -2.59. The fraction of sp³-hybridized carbons (Fsp3) is 0.533. The van der Waals surface area contributed by atoms with Crippen LogP contribution in [-0.4, -0.2) is 24.7 Å². The third kappa shape index (κ3) is 2.77. The first kappa shape index (κ1) is 16.4. The molecule has 0 aromatic heterocycles. The number of alkyl halides is 3. The Balaban J connectivity index is 1.88. The summed E-state index contributed by atoms with van der Waals surface area (Å²) in [5, 5.41) is -1.17. The van der Waals surface area contributed by atoms with Crippen molar-refractivity contribution in [2.24, 2.45) is 5.92 Å². The van der Waals surface area contributed by atoms with Gasteiger partial charge in [-0.2, -0.15) is 13.2 Å². The quantitative estimate of drug-likeness (QED) is 0.607. The van der Waals surface area contributed by atoms with E-state index < -0.39 is 49.6 Å². The Bertz CT molecular complexity index is 734. The minimum atomic E-state index is -4.88. The molecular formula is C15H14F4O3S. The molecule has 0 saturated carbocycles. The molecule has 0 N–H and O–H groups in total. The molecule has 0 radical (unpaired) electrons. The number of carbonyl (C=O) groups is 1. The Morgan fingerprint density at radius 3 is 2.17 bits per heavy atom. The van der Waals surface area contributed by atoms with Gasteiger partial charge in [-0.3, -0.25) is 4.79 Å². The fourth-order valence-corrected chi connectivity index (χ4v) is 6.03. The van der Waals surface area contributed by atoms with Crippen molar-refractivity contribution in [3.05, 3.63) is 35.1 Å². The van der Waals surface area contributed by atoms with Crippen molar-refractivity contribution in [1.29, 1.82) is 0 Å². The van der Waals surface area contributed by atoms with Crippen LogP contribution >= 0.6 is 0 Å². The van der Waals surface area contributed by atoms with Gasteiger partial charge in [0.25, 0.3) is 0 Å². The van der Waals surface area contributed by atoms with Gasteiger partial charge in [0.05, 0.1) is 16.1 Å². The van der Waals surface area contributed by atoms with E-state index in [1.165, 1.54) is 0 Å². The fourth-order valence-electron chi connectivity index (χ4n) is 3.55. The molecule has 3 nitrogen and oxygen atoms in total. The molecule has 1 aromatic rings. The normalized spacial score (nSPS) is 29.5. The predicted octanol–water partition coefficient (Wildman–Crippen LogP) is 3.38. The zero-order valence-electron chi connectivity index (χ0n) is 11.9. The number of ketones is 1. The molecule has 0 amide bonds. The summed E-state index contributed by atoms with van der Waals surface area (Å²) in [6, 6.07) is 2.17. The highest BCUT2D eigenvalue weighted by Gasteiger charge is 2.48. The van der Waals surface area contributed by atoms with Gasteiger partial charge in [0.1, 0.15) is 5.82 Å². The van der Waals surface area contributed by atoms with E-state index in [-0.39, 0.29) is 18.4 Å². The van der Waals surface area contributed by atoms with Crippen LogP contribution in [0.15, 0.2) is 18.2 Å². The Kier molecular flexibility index (Phi) is 3.78. The molecule has 2 atom stereocenters. The Morgan fingerprint density at radius 1 is 1.09 bits per heavy atom. The van der Waals surface area contributed by atoms with E-state index in [1.807, 2.05) is 0 Å². The van der Waals surface area contributed by atoms with Gasteiger partial charge in [-0.1, -0.05) is 0 Å². The van der Waals surface area contributed by atoms with E-state index in [9.17, 15) is 30.8 Å². The van der Waals surface area contributed by atoms with Crippen LogP contribution < -0.4 is 0 Å². The van der Waals surface area contributed by atoms with Gasteiger partial charge >= 0.3 is 6.18 Å². The third-order valence-electron chi connectivity index (χ3n) is 4.76. The summed E-state index contributed by atoms with van der Waals surface area (Å²) in [4.78, 5) is 12.4. The Labute approximate surface area is 130 Å². The van der Waals surface area contributed by atoms with Crippen LogP contribution in [0.2, 0.25) is 0 Å². The van der Waals surface area contributed by atoms with Crippen molar-refractivity contribution in [2.75, 3.05) is 0 Å². The molecule has 23 heavy (non-hydrogen) atoms. The standard InChI is InChI=1S/C15H14F4O3S/c16-13-4-1-8(7-12(13)15(17,18)19)14(20)9-5-10-2-3-11(6-9)23(10,21)22/h1,4,7,9-11H,2-3,5-6H2. The number of Topliss-reactive ketones (excluding diaryl/α,β-unsaturated/α-hetero) is 1. The van der Waals surface area contributed by atoms with Gasteiger partial charge in [-0.25, -0.2) is 12.8 Å². The van der Waals surface area contributed by atoms with Crippen LogP contribution in [0.4, 0.5) is 17.6 Å². The average Bonchev–Trinajstić information content (AvgIpc) is 2.66. The molecule has 3 rings (SSSR count). The summed E-state index contributed by atoms with van der Waals surface area (Å²) in [6.07, 6.45) is -3.62. The summed E-state index contributed by atoms with van der Waals surface area (Å²) in [7, 11) is -3.21. The first-order valence-electron chi connectivity index (χ1n) is 7.24. The zero-order valence-corrected chi connectivity index (χ0v) is 12.8. The van der Waals surface area contributed by atoms with Gasteiger partial charge in [0.15, 0.2) is 15.6 Å². The second-order valence-electron chi connectivity index (χ2n) is 6.14. The topological polar surface area (TPSA) is 51.2 Å². The van der Waals surface area contributed by atoms with Gasteiger partial charge in [-0.05, 0) is 43.9 Å². The van der Waals surface area contributed by atoms with Crippen molar-refractivity contribution < 1.29 is 30.8 Å². The van der Waals surface area contributed by atoms with Crippen molar-refractivity contribution in [3.8, 4) is 0 Å². The van der Waals surface area contributed by atoms with E-state index in [1.54, 1.807) is 0 Å². The van der Waals surface area contributed by atoms with Gasteiger partial charge in [0.2, 0.25) is 0 Å². The second-order valence-corrected chi connectivity index (χ2v) is 8.65. The number of fused-ring (bicyclic) bond motifs is 2. The number of carbonyl (C=O) groups excluding carboxylic acids is 1. The molecule has 0 spiro atoms. The van der Waals surface area contributed by atoms with Crippen molar-refractivity contribution in [2.45, 2.75) is 42.4 Å². The smallest absolute Gasteiger partial charge is 0.294 e. The van der Waals surface area contributed by atoms with E-state index in [2.05, 4.69) is 0 Å². The van der Waals surface area contributed by atoms with E-state index in [4.69, 9.17) is 0 Å². The first-order chi connectivity index (χ1) is 10.6. The monoisotopic (exact) mass is 350 g/mol. The molecule has 2 bridgehead atoms. The minimum Gasteiger partial charge on any atom is -0.294 e. The van der Waals surface area contributed by atoms with E-state index >= 15 is 0 Å². The van der Waals surface area contributed by atoms with Gasteiger partial charge < -0.3 is 0 Å². The second kappa shape index (κ2) is 5.29. The minimum absolute atomic E-state index is 0.135. The molecule has 2 unspecified atom stereocenters. The number of rotatable bonds is 2. The summed E-state index contributed by atoms with van der Waals surface area (Å²) >= 11 is 0. The molecule has 2 aliphatic rings. The van der Waals surface area contributed by atoms with E-state index in [0.29, 0.717) is 25.0 Å². The highest BCUT2D eigenvalue weighted by atomic mass is 32.2. The lowest BCUT2D eigenvalue weighted by molar-refractivity contribution is -0.140. The van der Waals surface area contributed by atoms with Crippen LogP contribution in [0, 0.1) is 11.7 Å². The molecule has 126 valence electrons. The predicted molar refractivity (Wildman–Crippen MR) is 74.2 cm³/mol. The van der Waals surface area contributed by atoms with Gasteiger partial charge in [0, 0.05) is 11.5 Å². The Morgan fingerprint density at radius 2 is 1.65 bits per heavy atom. The van der Waals surface area contributed by atoms with Crippen molar-refractivity contribution in [3.63, 3.8) is 0 Å². The molecule has 2 fully saturated rings. The van der Waals surface area contributed by atoms with E-state index in [0.717, 1.165) is 6.07 Å². The number of hydrogen-bond donors (Lipinski definition) is 0. The number of halogens is 4. The van der Waals surface area contributed by atoms with Crippen molar-refractivity contribution >= 4 is 15.6 Å². The van der Waals surface area contributed by atoms with Crippen LogP contribution in [0.25, 0.3) is 0 Å². The van der Waals surface area contributed by atoms with Crippen LogP contribution in [0.1, 0.15) is 41.6 Å². The third-order valence-corrected chi connectivity index (χ3v) is 7.48. The molecule has 2 saturated heterocycles. The van der Waals surface area contributed by atoms with Crippen LogP contribution in [-0.2, 0) is 16.0 Å². The van der Waals surface area contributed by atoms with Crippen LogP contribution in [0.3, 0.4) is 0 Å². The molecular weight excluding hydrogens is 336 g/mol. The number of hydrogen-bond acceptors (Lipinski definition) is 3. The van der Waals surface area contributed by atoms with Gasteiger partial charge in [-0.15, -0.1) is 0 Å². The largest absolute Gasteiger partial charge is 0.419 e. The highest BCUT2D eigenvalue weighted by Crippen LogP contribution is 2.42. The highest BCUT2D eigenvalue weighted by molar-refractivity contribution is 7.93. The summed E-state index contributed by atoms with van der Waals surface area (Å²) < 4.78 is 75.5. The number of sulfone groups is 1. The summed E-state index contributed by atoms with van der Waals surface area (Å²) in [5.41, 5.74) is -1.70. The summed E-state index contributed by atoms with van der Waals surface area (Å²) in [6.45, 7) is 0. The lowest BCUT2D eigenvalue weighted by Gasteiger charge is -2.27. The average molecular weight is 350 g/mol. The van der Waals surface area contributed by atoms with Crippen molar-refractivity contribution in [1.82, 2.24) is 0 Å². The lowest BCUT2D eigenvalue weighted by Crippen LogP contribution is -2.36. The Hall–Kier alpha value is -1.44. The molecule has 1 aromatic carbocycles. The maximum atomic E-state index is 13.3. The maximum Gasteiger partial charge on any atom is 0.419 e. The zero-order chi connectivity index (χ0) is 17.0. The first-order valence-corrected chi connectivity index (χ1v) is 8.85. The number of benzene rings is 1. The lowest BCUT2D eigenvalue weighted by atomic mass is 9.89. The molecule has 2 heterocycles. The van der Waals surface area contributed by atoms with Crippen LogP contribution in [0.5, 0.6) is 0 Å². The molecule has 0 aliphatic carbocycles. The SMILES string of the molecule is O=C(c1ccc(F)c(C(F)(F)F)c1)C1CC2CCC(C1)S2(=O)=O. The molecule has 2 aliphatic heterocycles. The molecule has 8 heteroatoms. The maximum absolute atomic E-state index is 13.3.